The summed E-state index contributed by atoms with van der Waals surface area (Å²) in [5.74, 6) is 1.63. The zero-order valence-corrected chi connectivity index (χ0v) is 9.52. The first-order valence-electron chi connectivity index (χ1n) is 4.81. The number of aryl methyl sites for hydroxylation is 1. The number of nitrogens with one attached hydrogen (secondary N) is 1. The molecule has 0 unspecified atom stereocenters. The van der Waals surface area contributed by atoms with Gasteiger partial charge in [0.2, 0.25) is 5.28 Å². The van der Waals surface area contributed by atoms with Crippen molar-refractivity contribution in [3.05, 3.63) is 29.7 Å². The van der Waals surface area contributed by atoms with Crippen LogP contribution in [0.4, 0.5) is 5.82 Å². The van der Waals surface area contributed by atoms with Gasteiger partial charge in [-0.1, -0.05) is 0 Å². The Labute approximate surface area is 97.7 Å². The first-order chi connectivity index (χ1) is 7.75. The summed E-state index contributed by atoms with van der Waals surface area (Å²) in [4.78, 5) is 7.81. The van der Waals surface area contributed by atoms with Gasteiger partial charge >= 0.3 is 0 Å². The number of hydrogen-bond acceptors (Lipinski definition) is 5. The Kier molecular flexibility index (Phi) is 3.31. The molecule has 0 fully saturated rings. The quantitative estimate of drug-likeness (QED) is 0.802. The molecule has 0 saturated heterocycles. The molecular formula is C9H11ClN6. The molecule has 2 heterocycles. The molecule has 0 aromatic carbocycles. The van der Waals surface area contributed by atoms with E-state index in [-0.39, 0.29) is 5.28 Å². The summed E-state index contributed by atoms with van der Waals surface area (Å²) < 4.78 is 1.88. The zero-order chi connectivity index (χ0) is 11.4. The number of anilines is 1. The van der Waals surface area contributed by atoms with Gasteiger partial charge < -0.3 is 9.88 Å². The maximum atomic E-state index is 5.66. The first kappa shape index (κ1) is 10.8. The molecule has 7 heteroatoms. The SMILES string of the molecule is Cn1cnnc1CCNc1ccnc(Cl)n1. The highest BCUT2D eigenvalue weighted by molar-refractivity contribution is 6.28. The molecule has 0 saturated carbocycles. The summed E-state index contributed by atoms with van der Waals surface area (Å²) in [7, 11) is 1.91. The lowest BCUT2D eigenvalue weighted by Crippen LogP contribution is -2.09. The van der Waals surface area contributed by atoms with Gasteiger partial charge in [0.1, 0.15) is 18.0 Å². The molecule has 2 aromatic rings. The summed E-state index contributed by atoms with van der Waals surface area (Å²) in [5, 5.41) is 11.2. The van der Waals surface area contributed by atoms with Crippen LogP contribution in [-0.4, -0.2) is 31.3 Å². The Morgan fingerprint density at radius 2 is 2.38 bits per heavy atom. The van der Waals surface area contributed by atoms with Crippen molar-refractivity contribution in [2.45, 2.75) is 6.42 Å². The van der Waals surface area contributed by atoms with Crippen molar-refractivity contribution in [3.8, 4) is 0 Å². The van der Waals surface area contributed by atoms with Crippen LogP contribution in [0.25, 0.3) is 0 Å². The van der Waals surface area contributed by atoms with E-state index in [1.165, 1.54) is 0 Å². The van der Waals surface area contributed by atoms with Crippen molar-refractivity contribution < 1.29 is 0 Å². The fourth-order valence-electron chi connectivity index (χ4n) is 1.27. The number of rotatable bonds is 4. The number of hydrogen-bond donors (Lipinski definition) is 1. The fourth-order valence-corrected chi connectivity index (χ4v) is 1.42. The molecule has 0 aliphatic heterocycles. The second-order valence-corrected chi connectivity index (χ2v) is 3.58. The molecule has 0 radical (unpaired) electrons. The minimum absolute atomic E-state index is 0.239. The molecule has 2 aromatic heterocycles. The number of aromatic nitrogens is 5. The summed E-state index contributed by atoms with van der Waals surface area (Å²) in [5.41, 5.74) is 0. The molecule has 0 bridgehead atoms. The van der Waals surface area contributed by atoms with Gasteiger partial charge in [0.25, 0.3) is 0 Å². The second-order valence-electron chi connectivity index (χ2n) is 3.25. The topological polar surface area (TPSA) is 68.5 Å². The van der Waals surface area contributed by atoms with E-state index < -0.39 is 0 Å². The molecule has 0 aliphatic rings. The molecule has 1 N–H and O–H groups in total. The van der Waals surface area contributed by atoms with Crippen LogP contribution in [0, 0.1) is 0 Å². The van der Waals surface area contributed by atoms with Crippen molar-refractivity contribution in [3.63, 3.8) is 0 Å². The normalized spacial score (nSPS) is 10.4. The van der Waals surface area contributed by atoms with Crippen molar-refractivity contribution in [2.75, 3.05) is 11.9 Å². The van der Waals surface area contributed by atoms with Crippen LogP contribution < -0.4 is 5.32 Å². The van der Waals surface area contributed by atoms with Crippen LogP contribution in [0.15, 0.2) is 18.6 Å². The monoisotopic (exact) mass is 238 g/mol. The van der Waals surface area contributed by atoms with Gasteiger partial charge in [-0.15, -0.1) is 10.2 Å². The fraction of sp³-hybridized carbons (Fsp3) is 0.333. The molecule has 16 heavy (non-hydrogen) atoms. The van der Waals surface area contributed by atoms with Gasteiger partial charge in [-0.05, 0) is 17.7 Å². The third-order valence-electron chi connectivity index (χ3n) is 2.09. The molecule has 0 aliphatic carbocycles. The van der Waals surface area contributed by atoms with Gasteiger partial charge in [-0.2, -0.15) is 0 Å². The third kappa shape index (κ3) is 2.66. The minimum Gasteiger partial charge on any atom is -0.369 e. The van der Waals surface area contributed by atoms with Gasteiger partial charge in [-0.25, -0.2) is 9.97 Å². The van der Waals surface area contributed by atoms with E-state index in [1.54, 1.807) is 18.6 Å². The van der Waals surface area contributed by atoms with Crippen LogP contribution >= 0.6 is 11.6 Å². The van der Waals surface area contributed by atoms with E-state index in [0.717, 1.165) is 18.8 Å². The predicted octanol–water partition coefficient (Wildman–Crippen LogP) is 0.913. The summed E-state index contributed by atoms with van der Waals surface area (Å²) in [6.07, 6.45) is 4.06. The van der Waals surface area contributed by atoms with Gasteiger partial charge in [0.05, 0.1) is 0 Å². The predicted molar refractivity (Wildman–Crippen MR) is 60.2 cm³/mol. The summed E-state index contributed by atoms with van der Waals surface area (Å²) >= 11 is 5.66. The van der Waals surface area contributed by atoms with E-state index in [4.69, 9.17) is 11.6 Å². The molecule has 6 nitrogen and oxygen atoms in total. The Morgan fingerprint density at radius 1 is 1.50 bits per heavy atom. The van der Waals surface area contributed by atoms with Crippen LogP contribution in [0.5, 0.6) is 0 Å². The molecule has 0 spiro atoms. The first-order valence-corrected chi connectivity index (χ1v) is 5.19. The van der Waals surface area contributed by atoms with Gasteiger partial charge in [-0.3, -0.25) is 0 Å². The van der Waals surface area contributed by atoms with Crippen LogP contribution in [0.3, 0.4) is 0 Å². The highest BCUT2D eigenvalue weighted by Gasteiger charge is 2.00. The van der Waals surface area contributed by atoms with Gasteiger partial charge in [0, 0.05) is 26.2 Å². The molecule has 0 atom stereocenters. The minimum atomic E-state index is 0.239. The van der Waals surface area contributed by atoms with Gasteiger partial charge in [0.15, 0.2) is 0 Å². The van der Waals surface area contributed by atoms with E-state index in [9.17, 15) is 0 Å². The molecule has 84 valence electrons. The standard InChI is InChI=1S/C9H11ClN6/c1-16-6-13-15-8(16)3-5-11-7-2-4-12-9(10)14-7/h2,4,6H,3,5H2,1H3,(H,11,12,14). The highest BCUT2D eigenvalue weighted by Crippen LogP contribution is 2.05. The van der Waals surface area contributed by atoms with E-state index in [1.807, 2.05) is 11.6 Å². The lowest BCUT2D eigenvalue weighted by Gasteiger charge is -2.04. The summed E-state index contributed by atoms with van der Waals surface area (Å²) in [6, 6.07) is 1.77. The largest absolute Gasteiger partial charge is 0.369 e. The smallest absolute Gasteiger partial charge is 0.224 e. The van der Waals surface area contributed by atoms with Crippen molar-refractivity contribution >= 4 is 17.4 Å². The molecule has 0 amide bonds. The van der Waals surface area contributed by atoms with Crippen LogP contribution in [0.2, 0.25) is 5.28 Å². The lowest BCUT2D eigenvalue weighted by atomic mass is 10.4. The maximum absolute atomic E-state index is 5.66. The Bertz CT molecular complexity index is 469. The lowest BCUT2D eigenvalue weighted by molar-refractivity contribution is 0.787. The second kappa shape index (κ2) is 4.89. The number of halogens is 1. The van der Waals surface area contributed by atoms with E-state index in [0.29, 0.717) is 5.82 Å². The van der Waals surface area contributed by atoms with Crippen molar-refractivity contribution in [2.24, 2.45) is 7.05 Å². The molecular weight excluding hydrogens is 228 g/mol. The average Bonchev–Trinajstić information content (AvgIpc) is 2.65. The van der Waals surface area contributed by atoms with Crippen molar-refractivity contribution in [1.29, 1.82) is 0 Å². The zero-order valence-electron chi connectivity index (χ0n) is 8.76. The maximum Gasteiger partial charge on any atom is 0.224 e. The average molecular weight is 239 g/mol. The number of nitrogens with zero attached hydrogens (tertiary/aromatic N) is 5. The molecule has 2 rings (SSSR count). The van der Waals surface area contributed by atoms with Crippen molar-refractivity contribution in [1.82, 2.24) is 24.7 Å². The Balaban J connectivity index is 1.87. The van der Waals surface area contributed by atoms with E-state index >= 15 is 0 Å². The Hall–Kier alpha value is -1.69. The highest BCUT2D eigenvalue weighted by atomic mass is 35.5. The Morgan fingerprint density at radius 3 is 3.06 bits per heavy atom. The van der Waals surface area contributed by atoms with Crippen LogP contribution in [-0.2, 0) is 13.5 Å². The summed E-state index contributed by atoms with van der Waals surface area (Å²) in [6.45, 7) is 0.722. The van der Waals surface area contributed by atoms with Crippen LogP contribution in [0.1, 0.15) is 5.82 Å². The third-order valence-corrected chi connectivity index (χ3v) is 2.27. The van der Waals surface area contributed by atoms with E-state index in [2.05, 4.69) is 25.5 Å².